The van der Waals surface area contributed by atoms with Crippen molar-refractivity contribution in [2.24, 2.45) is 0 Å². The Morgan fingerprint density at radius 3 is 2.73 bits per heavy atom. The van der Waals surface area contributed by atoms with Crippen LogP contribution in [0.25, 0.3) is 0 Å². The van der Waals surface area contributed by atoms with Crippen molar-refractivity contribution in [3.63, 3.8) is 0 Å². The molecular weight excluding hydrogens is 292 g/mol. The molecule has 114 valence electrons. The van der Waals surface area contributed by atoms with Crippen LogP contribution in [0, 0.1) is 0 Å². The molecule has 0 aliphatic carbocycles. The number of fused-ring (bicyclic) bond motifs is 2. The van der Waals surface area contributed by atoms with Gasteiger partial charge in [0.25, 0.3) is 0 Å². The number of carbonyl (C=O) groups excluding carboxylic acids is 1. The van der Waals surface area contributed by atoms with Crippen molar-refractivity contribution in [3.8, 4) is 0 Å². The molecule has 0 aromatic heterocycles. The summed E-state index contributed by atoms with van der Waals surface area (Å²) in [5.41, 5.74) is 4.04. The van der Waals surface area contributed by atoms with Gasteiger partial charge in [-0.1, -0.05) is 49.0 Å². The number of hydrogen-bond donors (Lipinski definition) is 0. The maximum Gasteiger partial charge on any atom is 0.302 e. The van der Waals surface area contributed by atoms with Gasteiger partial charge in [0, 0.05) is 22.6 Å². The SMILES string of the molecule is CCC(COC(C)=O)c1ccc2c(c1)Cc1ccccc1S2. The van der Waals surface area contributed by atoms with E-state index in [4.69, 9.17) is 4.74 Å². The van der Waals surface area contributed by atoms with Gasteiger partial charge >= 0.3 is 5.97 Å². The van der Waals surface area contributed by atoms with Gasteiger partial charge in [0.05, 0.1) is 6.61 Å². The van der Waals surface area contributed by atoms with Crippen molar-refractivity contribution in [1.29, 1.82) is 0 Å². The summed E-state index contributed by atoms with van der Waals surface area (Å²) in [6, 6.07) is 15.3. The second-order valence-electron chi connectivity index (χ2n) is 5.66. The van der Waals surface area contributed by atoms with Crippen molar-refractivity contribution in [3.05, 3.63) is 59.2 Å². The molecule has 22 heavy (non-hydrogen) atoms. The molecule has 1 heterocycles. The quantitative estimate of drug-likeness (QED) is 0.647. The molecule has 1 aliphatic rings. The van der Waals surface area contributed by atoms with Crippen molar-refractivity contribution < 1.29 is 9.53 Å². The number of benzene rings is 2. The van der Waals surface area contributed by atoms with Crippen molar-refractivity contribution in [2.75, 3.05) is 6.61 Å². The Balaban J connectivity index is 1.84. The second-order valence-corrected chi connectivity index (χ2v) is 6.75. The van der Waals surface area contributed by atoms with Crippen LogP contribution in [0.1, 0.15) is 42.9 Å². The van der Waals surface area contributed by atoms with Crippen LogP contribution in [-0.2, 0) is 16.0 Å². The lowest BCUT2D eigenvalue weighted by molar-refractivity contribution is -0.141. The highest BCUT2D eigenvalue weighted by Gasteiger charge is 2.18. The molecule has 0 fully saturated rings. The molecule has 0 amide bonds. The highest BCUT2D eigenvalue weighted by atomic mass is 32.2. The molecule has 3 rings (SSSR count). The maximum atomic E-state index is 11.0. The lowest BCUT2D eigenvalue weighted by Gasteiger charge is -2.22. The number of ether oxygens (including phenoxy) is 1. The van der Waals surface area contributed by atoms with E-state index < -0.39 is 0 Å². The van der Waals surface area contributed by atoms with E-state index in [2.05, 4.69) is 49.4 Å². The lowest BCUT2D eigenvalue weighted by atomic mass is 9.93. The van der Waals surface area contributed by atoms with Gasteiger partial charge in [-0.2, -0.15) is 0 Å². The first kappa shape index (κ1) is 15.2. The third-order valence-corrected chi connectivity index (χ3v) is 5.35. The largest absolute Gasteiger partial charge is 0.465 e. The van der Waals surface area contributed by atoms with Crippen LogP contribution in [0.5, 0.6) is 0 Å². The van der Waals surface area contributed by atoms with Crippen LogP contribution in [0.15, 0.2) is 52.3 Å². The van der Waals surface area contributed by atoms with Gasteiger partial charge in [-0.05, 0) is 41.7 Å². The minimum absolute atomic E-state index is 0.208. The fourth-order valence-corrected chi connectivity index (χ4v) is 3.88. The number of rotatable bonds is 4. The van der Waals surface area contributed by atoms with Gasteiger partial charge < -0.3 is 4.74 Å². The summed E-state index contributed by atoms with van der Waals surface area (Å²) < 4.78 is 5.21. The number of carbonyl (C=O) groups is 1. The Morgan fingerprint density at radius 1 is 1.18 bits per heavy atom. The van der Waals surface area contributed by atoms with E-state index in [0.717, 1.165) is 12.8 Å². The van der Waals surface area contributed by atoms with Crippen molar-refractivity contribution in [2.45, 2.75) is 42.4 Å². The summed E-state index contributed by atoms with van der Waals surface area (Å²) in [5, 5.41) is 0. The third kappa shape index (κ3) is 3.20. The molecule has 1 aliphatic heterocycles. The van der Waals surface area contributed by atoms with Gasteiger partial charge in [0.15, 0.2) is 0 Å². The van der Waals surface area contributed by atoms with E-state index in [1.807, 2.05) is 11.8 Å². The van der Waals surface area contributed by atoms with E-state index >= 15 is 0 Å². The lowest BCUT2D eigenvalue weighted by Crippen LogP contribution is -2.11. The van der Waals surface area contributed by atoms with Crippen LogP contribution in [0.2, 0.25) is 0 Å². The monoisotopic (exact) mass is 312 g/mol. The standard InChI is InChI=1S/C19H20O2S/c1-3-14(12-21-13(2)20)15-8-9-19-17(10-15)11-16-6-4-5-7-18(16)22-19/h4-10,14H,3,11-12H2,1-2H3. The van der Waals surface area contributed by atoms with Gasteiger partial charge in [-0.3, -0.25) is 4.79 Å². The Hall–Kier alpha value is -1.74. The van der Waals surface area contributed by atoms with Crippen molar-refractivity contribution in [1.82, 2.24) is 0 Å². The zero-order valence-corrected chi connectivity index (χ0v) is 13.8. The molecule has 2 nitrogen and oxygen atoms in total. The molecule has 0 N–H and O–H groups in total. The fourth-order valence-electron chi connectivity index (χ4n) is 2.83. The summed E-state index contributed by atoms with van der Waals surface area (Å²) in [6.45, 7) is 4.07. The zero-order chi connectivity index (χ0) is 15.5. The Bertz CT molecular complexity index is 694. The molecule has 1 unspecified atom stereocenters. The minimum atomic E-state index is -0.208. The Morgan fingerprint density at radius 2 is 1.95 bits per heavy atom. The normalized spacial score (nSPS) is 13.9. The molecule has 0 saturated carbocycles. The summed E-state index contributed by atoms with van der Waals surface area (Å²) in [4.78, 5) is 13.7. The number of hydrogen-bond acceptors (Lipinski definition) is 3. The number of esters is 1. The first-order valence-electron chi connectivity index (χ1n) is 7.69. The van der Waals surface area contributed by atoms with E-state index in [9.17, 15) is 4.79 Å². The molecule has 0 spiro atoms. The molecule has 0 saturated heterocycles. The maximum absolute atomic E-state index is 11.0. The highest BCUT2D eigenvalue weighted by molar-refractivity contribution is 7.99. The molecule has 0 radical (unpaired) electrons. The summed E-state index contributed by atoms with van der Waals surface area (Å²) in [6.07, 6.45) is 1.95. The third-order valence-electron chi connectivity index (χ3n) is 4.11. The highest BCUT2D eigenvalue weighted by Crippen LogP contribution is 2.40. The van der Waals surface area contributed by atoms with Gasteiger partial charge in [0.2, 0.25) is 0 Å². The average molecular weight is 312 g/mol. The average Bonchev–Trinajstić information content (AvgIpc) is 2.53. The first-order valence-corrected chi connectivity index (χ1v) is 8.51. The Kier molecular flexibility index (Phi) is 4.53. The predicted octanol–water partition coefficient (Wildman–Crippen LogP) is 4.80. The minimum Gasteiger partial charge on any atom is -0.465 e. The molecule has 2 aromatic rings. The predicted molar refractivity (Wildman–Crippen MR) is 89.5 cm³/mol. The van der Waals surface area contributed by atoms with E-state index in [1.54, 1.807) is 0 Å². The Labute approximate surface area is 135 Å². The molecule has 3 heteroatoms. The van der Waals surface area contributed by atoms with Crippen molar-refractivity contribution >= 4 is 17.7 Å². The second kappa shape index (κ2) is 6.57. The topological polar surface area (TPSA) is 26.3 Å². The van der Waals surface area contributed by atoms with Crippen LogP contribution >= 0.6 is 11.8 Å². The van der Waals surface area contributed by atoms with E-state index in [-0.39, 0.29) is 11.9 Å². The van der Waals surface area contributed by atoms with E-state index in [1.165, 1.54) is 33.4 Å². The van der Waals surface area contributed by atoms with Crippen LogP contribution < -0.4 is 0 Å². The van der Waals surface area contributed by atoms with Crippen LogP contribution in [0.4, 0.5) is 0 Å². The molecule has 0 bridgehead atoms. The fraction of sp³-hybridized carbons (Fsp3) is 0.316. The summed E-state index contributed by atoms with van der Waals surface area (Å²) in [5.74, 6) is 0.0669. The van der Waals surface area contributed by atoms with Crippen LogP contribution in [0.3, 0.4) is 0 Å². The molecule has 2 aromatic carbocycles. The van der Waals surface area contributed by atoms with E-state index in [0.29, 0.717) is 6.61 Å². The van der Waals surface area contributed by atoms with Gasteiger partial charge in [0.1, 0.15) is 0 Å². The molecular formula is C19H20O2S. The zero-order valence-electron chi connectivity index (χ0n) is 13.0. The first-order chi connectivity index (χ1) is 10.7. The molecule has 1 atom stereocenters. The van der Waals surface area contributed by atoms with Gasteiger partial charge in [-0.15, -0.1) is 0 Å². The summed E-state index contributed by atoms with van der Waals surface area (Å²) in [7, 11) is 0. The smallest absolute Gasteiger partial charge is 0.302 e. The van der Waals surface area contributed by atoms with Gasteiger partial charge in [-0.25, -0.2) is 0 Å². The summed E-state index contributed by atoms with van der Waals surface area (Å²) >= 11 is 1.84. The van der Waals surface area contributed by atoms with Crippen LogP contribution in [-0.4, -0.2) is 12.6 Å².